The third-order valence-electron chi connectivity index (χ3n) is 3.86. The van der Waals surface area contributed by atoms with Gasteiger partial charge in [0, 0.05) is 17.9 Å². The molecular weight excluding hydrogens is 309 g/mol. The molecule has 3 heterocycles. The summed E-state index contributed by atoms with van der Waals surface area (Å²) in [6, 6.07) is 0. The van der Waals surface area contributed by atoms with Crippen LogP contribution in [0.25, 0.3) is 5.65 Å². The maximum Gasteiger partial charge on any atom is 0.500 e. The number of hydrogen-bond acceptors (Lipinski definition) is 4. The summed E-state index contributed by atoms with van der Waals surface area (Å²) in [7, 11) is -0.434. The zero-order valence-electron chi connectivity index (χ0n) is 11.3. The van der Waals surface area contributed by atoms with Gasteiger partial charge in [-0.25, -0.2) is 9.50 Å². The van der Waals surface area contributed by atoms with Crippen LogP contribution >= 0.6 is 15.9 Å². The lowest BCUT2D eigenvalue weighted by Crippen LogP contribution is -2.41. The highest BCUT2D eigenvalue weighted by Crippen LogP contribution is 2.36. The van der Waals surface area contributed by atoms with E-state index in [1.165, 1.54) is 0 Å². The second kappa shape index (κ2) is 4.04. The Labute approximate surface area is 120 Å². The molecule has 2 aromatic rings. The van der Waals surface area contributed by atoms with Crippen molar-refractivity contribution in [3.05, 3.63) is 23.1 Å². The molecule has 1 aliphatic heterocycles. The fourth-order valence-corrected chi connectivity index (χ4v) is 2.30. The number of aromatic nitrogens is 3. The lowest BCUT2D eigenvalue weighted by Gasteiger charge is -2.32. The van der Waals surface area contributed by atoms with Crippen LogP contribution < -0.4 is 5.46 Å². The second-order valence-corrected chi connectivity index (χ2v) is 6.64. The van der Waals surface area contributed by atoms with Crippen LogP contribution in [-0.2, 0) is 9.31 Å². The predicted octanol–water partition coefficient (Wildman–Crippen LogP) is 1.79. The summed E-state index contributed by atoms with van der Waals surface area (Å²) < 4.78 is 14.6. The van der Waals surface area contributed by atoms with E-state index in [0.717, 1.165) is 15.6 Å². The average Bonchev–Trinajstić information content (AvgIpc) is 2.77. The van der Waals surface area contributed by atoms with Crippen molar-refractivity contribution in [1.29, 1.82) is 0 Å². The monoisotopic (exact) mass is 323 g/mol. The molecule has 0 amide bonds. The Kier molecular flexibility index (Phi) is 2.78. The number of nitrogens with zero attached hydrogens (tertiary/aromatic N) is 3. The first-order chi connectivity index (χ1) is 8.80. The lowest BCUT2D eigenvalue weighted by molar-refractivity contribution is 0.00578. The lowest BCUT2D eigenvalue weighted by atomic mass is 9.81. The van der Waals surface area contributed by atoms with E-state index >= 15 is 0 Å². The Morgan fingerprint density at radius 1 is 1.16 bits per heavy atom. The summed E-state index contributed by atoms with van der Waals surface area (Å²) in [6.45, 7) is 8.12. The smallest absolute Gasteiger partial charge is 0.399 e. The summed E-state index contributed by atoms with van der Waals surface area (Å²) in [5.74, 6) is 0. The molecule has 0 atom stereocenters. The van der Waals surface area contributed by atoms with Crippen LogP contribution in [0.15, 0.2) is 23.1 Å². The topological polar surface area (TPSA) is 48.7 Å². The van der Waals surface area contributed by atoms with Gasteiger partial charge >= 0.3 is 7.12 Å². The SMILES string of the molecule is CC1(C)OB(c2cnn3cc(Br)cnc23)OC1(C)C. The largest absolute Gasteiger partial charge is 0.500 e. The van der Waals surface area contributed by atoms with E-state index < -0.39 is 7.12 Å². The summed E-state index contributed by atoms with van der Waals surface area (Å²) in [4.78, 5) is 4.37. The molecule has 2 aromatic heterocycles. The fourth-order valence-electron chi connectivity index (χ4n) is 2.01. The molecule has 100 valence electrons. The number of halogens is 1. The molecular formula is C12H15BBrN3O2. The zero-order valence-corrected chi connectivity index (χ0v) is 12.9. The normalized spacial score (nSPS) is 21.2. The highest BCUT2D eigenvalue weighted by molar-refractivity contribution is 9.10. The highest BCUT2D eigenvalue weighted by Gasteiger charge is 2.52. The minimum absolute atomic E-state index is 0.360. The predicted molar refractivity (Wildman–Crippen MR) is 76.4 cm³/mol. The molecule has 1 saturated heterocycles. The zero-order chi connectivity index (χ0) is 13.8. The molecule has 5 nitrogen and oxygen atoms in total. The first kappa shape index (κ1) is 13.1. The van der Waals surface area contributed by atoms with Crippen molar-refractivity contribution < 1.29 is 9.31 Å². The average molecular weight is 324 g/mol. The molecule has 0 saturated carbocycles. The quantitative estimate of drug-likeness (QED) is 0.751. The van der Waals surface area contributed by atoms with Crippen LogP contribution in [0.1, 0.15) is 27.7 Å². The van der Waals surface area contributed by atoms with Gasteiger partial charge in [0.1, 0.15) is 0 Å². The van der Waals surface area contributed by atoms with Gasteiger partial charge in [0.15, 0.2) is 5.65 Å². The van der Waals surface area contributed by atoms with Crippen LogP contribution in [0.4, 0.5) is 0 Å². The van der Waals surface area contributed by atoms with E-state index in [1.807, 2.05) is 33.9 Å². The van der Waals surface area contributed by atoms with Gasteiger partial charge in [-0.1, -0.05) is 0 Å². The van der Waals surface area contributed by atoms with Gasteiger partial charge in [-0.3, -0.25) is 0 Å². The Balaban J connectivity index is 2.03. The molecule has 0 aliphatic carbocycles. The molecule has 19 heavy (non-hydrogen) atoms. The summed E-state index contributed by atoms with van der Waals surface area (Å²) in [5, 5.41) is 4.28. The Bertz CT molecular complexity index is 625. The molecule has 1 aliphatic rings. The Morgan fingerprint density at radius 3 is 2.42 bits per heavy atom. The van der Waals surface area contributed by atoms with E-state index in [9.17, 15) is 0 Å². The number of fused-ring (bicyclic) bond motifs is 1. The molecule has 1 fully saturated rings. The van der Waals surface area contributed by atoms with Crippen LogP contribution in [0.3, 0.4) is 0 Å². The van der Waals surface area contributed by atoms with Crippen LogP contribution in [0.5, 0.6) is 0 Å². The van der Waals surface area contributed by atoms with Crippen molar-refractivity contribution in [1.82, 2.24) is 14.6 Å². The van der Waals surface area contributed by atoms with Crippen LogP contribution in [0.2, 0.25) is 0 Å². The van der Waals surface area contributed by atoms with Gasteiger partial charge in [0.25, 0.3) is 0 Å². The van der Waals surface area contributed by atoms with Gasteiger partial charge in [-0.15, -0.1) is 0 Å². The highest BCUT2D eigenvalue weighted by atomic mass is 79.9. The van der Waals surface area contributed by atoms with Crippen LogP contribution in [-0.4, -0.2) is 32.9 Å². The molecule has 0 radical (unpaired) electrons. The molecule has 0 N–H and O–H groups in total. The second-order valence-electron chi connectivity index (χ2n) is 5.73. The van der Waals surface area contributed by atoms with Gasteiger partial charge in [0.05, 0.1) is 21.9 Å². The van der Waals surface area contributed by atoms with Gasteiger partial charge in [-0.2, -0.15) is 5.10 Å². The van der Waals surface area contributed by atoms with Crippen molar-refractivity contribution in [2.45, 2.75) is 38.9 Å². The molecule has 3 rings (SSSR count). The summed E-state index contributed by atoms with van der Waals surface area (Å²) >= 11 is 3.38. The van der Waals surface area contributed by atoms with Crippen molar-refractivity contribution in [3.63, 3.8) is 0 Å². The van der Waals surface area contributed by atoms with Crippen molar-refractivity contribution in [3.8, 4) is 0 Å². The van der Waals surface area contributed by atoms with E-state index in [2.05, 4.69) is 26.0 Å². The summed E-state index contributed by atoms with van der Waals surface area (Å²) in [5.41, 5.74) is 0.885. The first-order valence-corrected chi connectivity index (χ1v) is 6.94. The van der Waals surface area contributed by atoms with E-state index in [4.69, 9.17) is 9.31 Å². The third-order valence-corrected chi connectivity index (χ3v) is 4.27. The minimum Gasteiger partial charge on any atom is -0.399 e. The maximum atomic E-state index is 6.02. The van der Waals surface area contributed by atoms with Crippen molar-refractivity contribution >= 4 is 34.2 Å². The summed E-state index contributed by atoms with van der Waals surface area (Å²) in [6.07, 6.45) is 5.35. The van der Waals surface area contributed by atoms with E-state index in [1.54, 1.807) is 16.9 Å². The minimum atomic E-state index is -0.434. The molecule has 0 unspecified atom stereocenters. The molecule has 0 bridgehead atoms. The Hall–Kier alpha value is -0.915. The van der Waals surface area contributed by atoms with Crippen molar-refractivity contribution in [2.75, 3.05) is 0 Å². The van der Waals surface area contributed by atoms with Crippen LogP contribution in [0, 0.1) is 0 Å². The number of rotatable bonds is 1. The van der Waals surface area contributed by atoms with Gasteiger partial charge in [0.2, 0.25) is 0 Å². The fraction of sp³-hybridized carbons (Fsp3) is 0.500. The maximum absolute atomic E-state index is 6.02. The van der Waals surface area contributed by atoms with E-state index in [-0.39, 0.29) is 11.2 Å². The third kappa shape index (κ3) is 2.00. The molecule has 0 spiro atoms. The first-order valence-electron chi connectivity index (χ1n) is 6.15. The Morgan fingerprint density at radius 2 is 1.79 bits per heavy atom. The van der Waals surface area contributed by atoms with Gasteiger partial charge in [-0.05, 0) is 43.6 Å². The van der Waals surface area contributed by atoms with E-state index in [0.29, 0.717) is 0 Å². The molecule has 0 aromatic carbocycles. The molecule has 7 heteroatoms. The van der Waals surface area contributed by atoms with Gasteiger partial charge < -0.3 is 9.31 Å². The number of hydrogen-bond donors (Lipinski definition) is 0. The standard InChI is InChI=1S/C12H15BBrN3O2/c1-11(2)12(3,4)19-13(18-11)9-6-16-17-7-8(14)5-15-10(9)17/h5-7H,1-4H3. The van der Waals surface area contributed by atoms with Crippen molar-refractivity contribution in [2.24, 2.45) is 0 Å².